The zero-order valence-corrected chi connectivity index (χ0v) is 12.4. The first-order valence-corrected chi connectivity index (χ1v) is 7.19. The Bertz CT molecular complexity index is 511. The third kappa shape index (κ3) is 2.89. The first-order chi connectivity index (χ1) is 9.40. The van der Waals surface area contributed by atoms with Gasteiger partial charge in [0.2, 0.25) is 0 Å². The molecule has 4 heteroatoms. The molecular weight excluding hydrogens is 254 g/mol. The van der Waals surface area contributed by atoms with E-state index in [1.165, 1.54) is 10.5 Å². The fraction of sp³-hybridized carbons (Fsp3) is 0.562. The van der Waals surface area contributed by atoms with Crippen LogP contribution in [0.25, 0.3) is 0 Å². The number of nitrogens with zero attached hydrogens (tertiary/aromatic N) is 1. The van der Waals surface area contributed by atoms with Gasteiger partial charge in [-0.1, -0.05) is 19.9 Å². The Labute approximate surface area is 120 Å². The summed E-state index contributed by atoms with van der Waals surface area (Å²) in [7, 11) is 0. The topological polar surface area (TPSA) is 60.8 Å². The van der Waals surface area contributed by atoms with Gasteiger partial charge in [-0.05, 0) is 48.4 Å². The molecule has 0 saturated heterocycles. The molecule has 1 heterocycles. The van der Waals surface area contributed by atoms with Crippen molar-refractivity contribution >= 4 is 6.09 Å². The van der Waals surface area contributed by atoms with Gasteiger partial charge in [0.25, 0.3) is 0 Å². The van der Waals surface area contributed by atoms with Crippen molar-refractivity contribution in [3.63, 3.8) is 0 Å². The fourth-order valence-electron chi connectivity index (χ4n) is 3.13. The number of phenols is 1. The van der Waals surface area contributed by atoms with E-state index in [2.05, 4.69) is 13.8 Å². The van der Waals surface area contributed by atoms with E-state index in [0.29, 0.717) is 31.2 Å². The minimum absolute atomic E-state index is 0.211. The van der Waals surface area contributed by atoms with E-state index in [1.54, 1.807) is 6.07 Å². The van der Waals surface area contributed by atoms with Crippen LogP contribution in [0.2, 0.25) is 0 Å². The van der Waals surface area contributed by atoms with Crippen LogP contribution in [-0.2, 0) is 6.42 Å². The van der Waals surface area contributed by atoms with E-state index >= 15 is 0 Å². The average Bonchev–Trinajstić information content (AvgIpc) is 2.54. The van der Waals surface area contributed by atoms with E-state index < -0.39 is 6.09 Å². The Morgan fingerprint density at radius 3 is 2.75 bits per heavy atom. The highest BCUT2D eigenvalue weighted by molar-refractivity contribution is 5.65. The number of fused-ring (bicyclic) bond motifs is 1. The van der Waals surface area contributed by atoms with Crippen molar-refractivity contribution in [2.45, 2.75) is 39.5 Å². The van der Waals surface area contributed by atoms with Crippen LogP contribution in [0, 0.1) is 12.8 Å². The van der Waals surface area contributed by atoms with Gasteiger partial charge in [0.15, 0.2) is 0 Å². The summed E-state index contributed by atoms with van der Waals surface area (Å²) in [6.07, 6.45) is 0.783. The van der Waals surface area contributed by atoms with Gasteiger partial charge in [-0.25, -0.2) is 4.79 Å². The molecule has 1 amide bonds. The Morgan fingerprint density at radius 1 is 1.45 bits per heavy atom. The highest BCUT2D eigenvalue weighted by Gasteiger charge is 2.27. The van der Waals surface area contributed by atoms with Crippen molar-refractivity contribution < 1.29 is 15.0 Å². The van der Waals surface area contributed by atoms with E-state index in [9.17, 15) is 15.0 Å². The largest absolute Gasteiger partial charge is 0.508 e. The molecule has 1 aromatic carbocycles. The molecule has 1 aliphatic rings. The number of rotatable bonds is 2. The summed E-state index contributed by atoms with van der Waals surface area (Å²) in [5.41, 5.74) is 3.22. The van der Waals surface area contributed by atoms with Crippen LogP contribution in [0.1, 0.15) is 42.9 Å². The second-order valence-corrected chi connectivity index (χ2v) is 6.08. The van der Waals surface area contributed by atoms with Crippen LogP contribution in [-0.4, -0.2) is 34.3 Å². The Morgan fingerprint density at radius 2 is 2.15 bits per heavy atom. The minimum Gasteiger partial charge on any atom is -0.508 e. The molecule has 0 bridgehead atoms. The molecule has 4 nitrogen and oxygen atoms in total. The number of aromatic hydroxyl groups is 1. The lowest BCUT2D eigenvalue weighted by atomic mass is 9.85. The number of hydrogen-bond acceptors (Lipinski definition) is 2. The van der Waals surface area contributed by atoms with Gasteiger partial charge in [-0.2, -0.15) is 0 Å². The predicted octanol–water partition coefficient (Wildman–Crippen LogP) is 3.37. The van der Waals surface area contributed by atoms with Crippen LogP contribution in [0.15, 0.2) is 12.1 Å². The SMILES string of the molecule is Cc1c(O)ccc2c1CCN(C(=O)O)CC2CC(C)C. The zero-order chi connectivity index (χ0) is 14.9. The Kier molecular flexibility index (Phi) is 4.21. The van der Waals surface area contributed by atoms with Crippen LogP contribution < -0.4 is 0 Å². The smallest absolute Gasteiger partial charge is 0.407 e. The molecule has 0 spiro atoms. The fourth-order valence-corrected chi connectivity index (χ4v) is 3.13. The lowest BCUT2D eigenvalue weighted by Gasteiger charge is -2.24. The van der Waals surface area contributed by atoms with Crippen molar-refractivity contribution in [1.29, 1.82) is 0 Å². The molecule has 1 aromatic rings. The Hall–Kier alpha value is -1.71. The second-order valence-electron chi connectivity index (χ2n) is 6.08. The number of hydrogen-bond donors (Lipinski definition) is 2. The van der Waals surface area contributed by atoms with Gasteiger partial charge in [0.1, 0.15) is 5.75 Å². The molecule has 110 valence electrons. The summed E-state index contributed by atoms with van der Waals surface area (Å²) in [5.74, 6) is 1.02. The molecule has 20 heavy (non-hydrogen) atoms. The van der Waals surface area contributed by atoms with Gasteiger partial charge < -0.3 is 15.1 Å². The third-order valence-corrected chi connectivity index (χ3v) is 4.14. The quantitative estimate of drug-likeness (QED) is 0.871. The predicted molar refractivity (Wildman–Crippen MR) is 78.3 cm³/mol. The normalized spacial score (nSPS) is 18.8. The van der Waals surface area contributed by atoms with Gasteiger partial charge in [-0.3, -0.25) is 0 Å². The van der Waals surface area contributed by atoms with Gasteiger partial charge in [-0.15, -0.1) is 0 Å². The zero-order valence-electron chi connectivity index (χ0n) is 12.4. The molecule has 2 rings (SSSR count). The molecule has 0 aliphatic carbocycles. The lowest BCUT2D eigenvalue weighted by Crippen LogP contribution is -2.33. The summed E-state index contributed by atoms with van der Waals surface area (Å²) in [6, 6.07) is 3.70. The lowest BCUT2D eigenvalue weighted by molar-refractivity contribution is 0.142. The van der Waals surface area contributed by atoms with Crippen molar-refractivity contribution in [2.24, 2.45) is 5.92 Å². The third-order valence-electron chi connectivity index (χ3n) is 4.14. The molecule has 0 radical (unpaired) electrons. The molecule has 0 aromatic heterocycles. The first kappa shape index (κ1) is 14.7. The Balaban J connectivity index is 2.42. The van der Waals surface area contributed by atoms with Crippen molar-refractivity contribution in [3.05, 3.63) is 28.8 Å². The molecule has 2 N–H and O–H groups in total. The molecule has 0 saturated carbocycles. The number of carbonyl (C=O) groups is 1. The first-order valence-electron chi connectivity index (χ1n) is 7.19. The maximum Gasteiger partial charge on any atom is 0.407 e. The maximum atomic E-state index is 11.3. The summed E-state index contributed by atoms with van der Waals surface area (Å²) in [6.45, 7) is 7.27. The summed E-state index contributed by atoms with van der Waals surface area (Å²) in [5, 5.41) is 19.2. The highest BCUT2D eigenvalue weighted by atomic mass is 16.4. The van der Waals surface area contributed by atoms with E-state index in [4.69, 9.17) is 0 Å². The standard InChI is InChI=1S/C16H23NO3/c1-10(2)8-12-9-17(16(19)20)7-6-13-11(3)15(18)5-4-14(12)13/h4-5,10,12,18H,6-9H2,1-3H3,(H,19,20). The molecule has 1 atom stereocenters. The van der Waals surface area contributed by atoms with Crippen LogP contribution in [0.3, 0.4) is 0 Å². The number of benzene rings is 1. The minimum atomic E-state index is -0.853. The second kappa shape index (κ2) is 5.73. The summed E-state index contributed by atoms with van der Waals surface area (Å²) in [4.78, 5) is 12.8. The average molecular weight is 277 g/mol. The maximum absolute atomic E-state index is 11.3. The van der Waals surface area contributed by atoms with Gasteiger partial charge >= 0.3 is 6.09 Å². The summed E-state index contributed by atoms with van der Waals surface area (Å²) < 4.78 is 0. The molecular formula is C16H23NO3. The number of phenolic OH excluding ortho intramolecular Hbond substituents is 1. The van der Waals surface area contributed by atoms with E-state index in [-0.39, 0.29) is 5.92 Å². The monoisotopic (exact) mass is 277 g/mol. The highest BCUT2D eigenvalue weighted by Crippen LogP contribution is 2.35. The molecule has 0 fully saturated rings. The van der Waals surface area contributed by atoms with Crippen LogP contribution >= 0.6 is 0 Å². The van der Waals surface area contributed by atoms with Gasteiger partial charge in [0.05, 0.1) is 0 Å². The van der Waals surface area contributed by atoms with Crippen LogP contribution in [0.4, 0.5) is 4.79 Å². The summed E-state index contributed by atoms with van der Waals surface area (Å²) >= 11 is 0. The number of amides is 1. The van der Waals surface area contributed by atoms with Crippen molar-refractivity contribution in [3.8, 4) is 5.75 Å². The molecule has 1 aliphatic heterocycles. The van der Waals surface area contributed by atoms with E-state index in [1.807, 2.05) is 13.0 Å². The van der Waals surface area contributed by atoms with E-state index in [0.717, 1.165) is 17.5 Å². The van der Waals surface area contributed by atoms with Crippen molar-refractivity contribution in [1.82, 2.24) is 4.90 Å². The van der Waals surface area contributed by atoms with Gasteiger partial charge in [0, 0.05) is 19.0 Å². The van der Waals surface area contributed by atoms with Crippen LogP contribution in [0.5, 0.6) is 5.75 Å². The number of carboxylic acid groups (broad SMARTS) is 1. The molecule has 1 unspecified atom stereocenters. The van der Waals surface area contributed by atoms with Crippen molar-refractivity contribution in [2.75, 3.05) is 13.1 Å².